The second kappa shape index (κ2) is 8.08. The number of carbonyl (C=O) groups excluding carboxylic acids is 1. The molecule has 1 aliphatic rings. The molecule has 0 bridgehead atoms. The summed E-state index contributed by atoms with van der Waals surface area (Å²) in [6.45, 7) is 1.64. The van der Waals surface area contributed by atoms with Crippen molar-refractivity contribution < 1.29 is 24.9 Å². The van der Waals surface area contributed by atoms with E-state index in [0.29, 0.717) is 39.0 Å². The first-order chi connectivity index (χ1) is 9.08. The second-order valence-electron chi connectivity index (χ2n) is 4.72. The fraction of sp³-hybridized carbons (Fsp3) is 0.833. The standard InChI is InChI=1S/C12H22N2O5/c15-7-5-13(6-8-16)9-11(17)14-3-1-10(2-4-14)12(18)19/h10,15-16H,1-9H2,(H,18,19). The molecule has 0 unspecified atom stereocenters. The Bertz CT molecular complexity index is 296. The molecule has 7 nitrogen and oxygen atoms in total. The lowest BCUT2D eigenvalue weighted by atomic mass is 9.97. The van der Waals surface area contributed by atoms with E-state index >= 15 is 0 Å². The molecule has 0 atom stereocenters. The summed E-state index contributed by atoms with van der Waals surface area (Å²) in [6, 6.07) is 0. The molecular weight excluding hydrogens is 252 g/mol. The first-order valence-corrected chi connectivity index (χ1v) is 6.53. The van der Waals surface area contributed by atoms with Crippen LogP contribution in [0.1, 0.15) is 12.8 Å². The Morgan fingerprint density at radius 1 is 1.11 bits per heavy atom. The molecule has 0 spiro atoms. The van der Waals surface area contributed by atoms with Gasteiger partial charge in [-0.25, -0.2) is 0 Å². The molecule has 1 heterocycles. The molecule has 7 heteroatoms. The largest absolute Gasteiger partial charge is 0.481 e. The monoisotopic (exact) mass is 274 g/mol. The summed E-state index contributed by atoms with van der Waals surface area (Å²) in [5.41, 5.74) is 0. The van der Waals surface area contributed by atoms with E-state index in [1.54, 1.807) is 9.80 Å². The zero-order chi connectivity index (χ0) is 14.3. The number of aliphatic carboxylic acids is 1. The van der Waals surface area contributed by atoms with Gasteiger partial charge in [0.05, 0.1) is 25.7 Å². The Hall–Kier alpha value is -1.18. The Balaban J connectivity index is 2.39. The van der Waals surface area contributed by atoms with Crippen LogP contribution in [0.4, 0.5) is 0 Å². The molecule has 1 amide bonds. The lowest BCUT2D eigenvalue weighted by molar-refractivity contribution is -0.146. The van der Waals surface area contributed by atoms with Crippen LogP contribution < -0.4 is 0 Å². The lowest BCUT2D eigenvalue weighted by Gasteiger charge is -2.32. The normalized spacial score (nSPS) is 16.9. The molecule has 1 rings (SSSR count). The molecule has 110 valence electrons. The fourth-order valence-corrected chi connectivity index (χ4v) is 2.22. The molecule has 0 aromatic carbocycles. The average Bonchev–Trinajstić information content (AvgIpc) is 2.39. The van der Waals surface area contributed by atoms with Gasteiger partial charge >= 0.3 is 5.97 Å². The molecule has 0 saturated carbocycles. The number of hydrogen-bond donors (Lipinski definition) is 3. The molecule has 0 aromatic heterocycles. The number of amides is 1. The number of carboxylic acids is 1. The first kappa shape index (κ1) is 15.9. The van der Waals surface area contributed by atoms with Gasteiger partial charge in [-0.1, -0.05) is 0 Å². The van der Waals surface area contributed by atoms with Gasteiger partial charge in [-0.2, -0.15) is 0 Å². The minimum Gasteiger partial charge on any atom is -0.481 e. The summed E-state index contributed by atoms with van der Waals surface area (Å²) >= 11 is 0. The third kappa shape index (κ3) is 5.14. The van der Waals surface area contributed by atoms with Gasteiger partial charge in [-0.05, 0) is 12.8 Å². The van der Waals surface area contributed by atoms with Crippen LogP contribution in [0.2, 0.25) is 0 Å². The van der Waals surface area contributed by atoms with Crippen molar-refractivity contribution in [2.24, 2.45) is 5.92 Å². The Kier molecular flexibility index (Phi) is 6.75. The van der Waals surface area contributed by atoms with Crippen molar-refractivity contribution in [2.75, 3.05) is 45.9 Å². The van der Waals surface area contributed by atoms with Crippen LogP contribution in [0.3, 0.4) is 0 Å². The molecular formula is C12H22N2O5. The van der Waals surface area contributed by atoms with Crippen molar-refractivity contribution in [1.29, 1.82) is 0 Å². The number of aliphatic hydroxyl groups excluding tert-OH is 2. The maximum atomic E-state index is 12.0. The van der Waals surface area contributed by atoms with Gasteiger partial charge in [0.25, 0.3) is 0 Å². The van der Waals surface area contributed by atoms with E-state index in [-0.39, 0.29) is 31.6 Å². The first-order valence-electron chi connectivity index (χ1n) is 6.53. The quantitative estimate of drug-likeness (QED) is 0.527. The van der Waals surface area contributed by atoms with E-state index in [0.717, 1.165) is 0 Å². The SMILES string of the molecule is O=C(O)C1CCN(C(=O)CN(CCO)CCO)CC1. The Morgan fingerprint density at radius 3 is 2.05 bits per heavy atom. The van der Waals surface area contributed by atoms with Gasteiger partial charge in [-0.15, -0.1) is 0 Å². The number of aliphatic hydroxyl groups is 2. The van der Waals surface area contributed by atoms with Gasteiger partial charge in [0.2, 0.25) is 5.91 Å². The second-order valence-corrected chi connectivity index (χ2v) is 4.72. The third-order valence-electron chi connectivity index (χ3n) is 3.39. The van der Waals surface area contributed by atoms with Crippen molar-refractivity contribution in [3.05, 3.63) is 0 Å². The maximum absolute atomic E-state index is 12.0. The van der Waals surface area contributed by atoms with Crippen molar-refractivity contribution in [2.45, 2.75) is 12.8 Å². The van der Waals surface area contributed by atoms with Gasteiger partial charge in [0, 0.05) is 26.2 Å². The van der Waals surface area contributed by atoms with Crippen LogP contribution in [-0.4, -0.2) is 82.9 Å². The van der Waals surface area contributed by atoms with Crippen molar-refractivity contribution in [3.8, 4) is 0 Å². The smallest absolute Gasteiger partial charge is 0.306 e. The number of carboxylic acid groups (broad SMARTS) is 1. The van der Waals surface area contributed by atoms with Gasteiger partial charge in [0.1, 0.15) is 0 Å². The summed E-state index contributed by atoms with van der Waals surface area (Å²) < 4.78 is 0. The van der Waals surface area contributed by atoms with E-state index in [1.165, 1.54) is 0 Å². The van der Waals surface area contributed by atoms with Crippen LogP contribution in [0.5, 0.6) is 0 Å². The van der Waals surface area contributed by atoms with Crippen LogP contribution in [0.25, 0.3) is 0 Å². The van der Waals surface area contributed by atoms with Crippen molar-refractivity contribution >= 4 is 11.9 Å². The van der Waals surface area contributed by atoms with Gasteiger partial charge < -0.3 is 20.2 Å². The highest BCUT2D eigenvalue weighted by atomic mass is 16.4. The molecule has 0 aromatic rings. The summed E-state index contributed by atoms with van der Waals surface area (Å²) in [6.07, 6.45) is 0.974. The van der Waals surface area contributed by atoms with Gasteiger partial charge in [0.15, 0.2) is 0 Å². The number of likely N-dealkylation sites (tertiary alicyclic amines) is 1. The molecule has 3 N–H and O–H groups in total. The average molecular weight is 274 g/mol. The van der Waals surface area contributed by atoms with Crippen LogP contribution >= 0.6 is 0 Å². The molecule has 0 aliphatic carbocycles. The zero-order valence-electron chi connectivity index (χ0n) is 11.0. The van der Waals surface area contributed by atoms with E-state index < -0.39 is 5.97 Å². The van der Waals surface area contributed by atoms with Crippen LogP contribution in [-0.2, 0) is 9.59 Å². The van der Waals surface area contributed by atoms with E-state index in [4.69, 9.17) is 15.3 Å². The summed E-state index contributed by atoms with van der Waals surface area (Å²) in [7, 11) is 0. The molecule has 1 aliphatic heterocycles. The van der Waals surface area contributed by atoms with Crippen LogP contribution in [0, 0.1) is 5.92 Å². The fourth-order valence-electron chi connectivity index (χ4n) is 2.22. The summed E-state index contributed by atoms with van der Waals surface area (Å²) in [4.78, 5) is 26.2. The minimum atomic E-state index is -0.797. The highest BCUT2D eigenvalue weighted by molar-refractivity contribution is 5.79. The predicted octanol–water partition coefficient (Wildman–Crippen LogP) is -1.40. The van der Waals surface area contributed by atoms with E-state index in [9.17, 15) is 9.59 Å². The number of piperidine rings is 1. The topological polar surface area (TPSA) is 101 Å². The molecule has 0 radical (unpaired) electrons. The summed E-state index contributed by atoms with van der Waals surface area (Å²) in [5, 5.41) is 26.6. The number of nitrogens with zero attached hydrogens (tertiary/aromatic N) is 2. The number of rotatable bonds is 7. The lowest BCUT2D eigenvalue weighted by Crippen LogP contribution is -2.46. The van der Waals surface area contributed by atoms with E-state index in [1.807, 2.05) is 0 Å². The van der Waals surface area contributed by atoms with Crippen molar-refractivity contribution in [3.63, 3.8) is 0 Å². The zero-order valence-corrected chi connectivity index (χ0v) is 11.0. The molecule has 19 heavy (non-hydrogen) atoms. The van der Waals surface area contributed by atoms with Gasteiger partial charge in [-0.3, -0.25) is 14.5 Å². The predicted molar refractivity (Wildman–Crippen MR) is 67.6 cm³/mol. The van der Waals surface area contributed by atoms with Crippen molar-refractivity contribution in [1.82, 2.24) is 9.80 Å². The minimum absolute atomic E-state index is 0.0611. The highest BCUT2D eigenvalue weighted by Gasteiger charge is 2.27. The number of hydrogen-bond acceptors (Lipinski definition) is 5. The number of carbonyl (C=O) groups is 2. The molecule has 1 fully saturated rings. The third-order valence-corrected chi connectivity index (χ3v) is 3.39. The molecule has 1 saturated heterocycles. The highest BCUT2D eigenvalue weighted by Crippen LogP contribution is 2.17. The van der Waals surface area contributed by atoms with Crippen LogP contribution in [0.15, 0.2) is 0 Å². The van der Waals surface area contributed by atoms with E-state index in [2.05, 4.69) is 0 Å². The Morgan fingerprint density at radius 2 is 1.63 bits per heavy atom. The summed E-state index contributed by atoms with van der Waals surface area (Å²) in [5.74, 6) is -1.23. The Labute approximate surface area is 112 Å². The maximum Gasteiger partial charge on any atom is 0.306 e.